The number of sulfonamides is 1. The molecule has 3 aliphatic heterocycles. The van der Waals surface area contributed by atoms with Gasteiger partial charge >= 0.3 is 0 Å². The summed E-state index contributed by atoms with van der Waals surface area (Å²) >= 11 is 6.27. The number of amides is 1. The van der Waals surface area contributed by atoms with Crippen molar-refractivity contribution < 1.29 is 27.6 Å². The van der Waals surface area contributed by atoms with Crippen molar-refractivity contribution in [1.82, 2.24) is 19.6 Å². The third-order valence-corrected chi connectivity index (χ3v) is 14.7. The van der Waals surface area contributed by atoms with Crippen molar-refractivity contribution in [3.05, 3.63) is 111 Å². The quantitative estimate of drug-likeness (QED) is 0.0803. The van der Waals surface area contributed by atoms with Crippen molar-refractivity contribution in [2.75, 3.05) is 80.8 Å². The van der Waals surface area contributed by atoms with Crippen LogP contribution in [0.4, 0.5) is 28.4 Å². The van der Waals surface area contributed by atoms with Crippen molar-refractivity contribution in [3.63, 3.8) is 0 Å². The monoisotopic (exact) mass is 922 g/mol. The van der Waals surface area contributed by atoms with Crippen LogP contribution in [-0.4, -0.2) is 99.8 Å². The summed E-state index contributed by atoms with van der Waals surface area (Å²) in [5.41, 5.74) is 6.93. The van der Waals surface area contributed by atoms with E-state index in [1.165, 1.54) is 28.8 Å². The van der Waals surface area contributed by atoms with Crippen molar-refractivity contribution in [3.8, 4) is 5.88 Å². The fourth-order valence-electron chi connectivity index (χ4n) is 9.48. The number of hydrogen-bond donors (Lipinski definition) is 3. The summed E-state index contributed by atoms with van der Waals surface area (Å²) in [6.07, 6.45) is 7.44. The molecular weight excluding hydrogens is 868 g/mol. The minimum absolute atomic E-state index is 0.113. The van der Waals surface area contributed by atoms with Crippen LogP contribution < -0.4 is 24.6 Å². The number of carbonyl (C=O) groups is 1. The Labute approximate surface area is 384 Å². The predicted molar refractivity (Wildman–Crippen MR) is 254 cm³/mol. The molecule has 15 nitrogen and oxygen atoms in total. The van der Waals surface area contributed by atoms with E-state index in [4.69, 9.17) is 26.1 Å². The highest BCUT2D eigenvalue weighted by Gasteiger charge is 2.32. The van der Waals surface area contributed by atoms with Gasteiger partial charge in [-0.15, -0.1) is 0 Å². The lowest BCUT2D eigenvalue weighted by Gasteiger charge is -2.39. The number of allylic oxidation sites excluding steroid dienone is 1. The van der Waals surface area contributed by atoms with E-state index in [0.717, 1.165) is 87.0 Å². The Balaban J connectivity index is 0.986. The molecule has 1 amide bonds. The zero-order valence-electron chi connectivity index (χ0n) is 36.8. The number of rotatable bonds is 12. The number of benzene rings is 3. The second-order valence-corrected chi connectivity index (χ2v) is 20.4. The number of nitro groups is 1. The number of nitro benzene ring substituents is 1. The first-order valence-electron chi connectivity index (χ1n) is 22.4. The first-order valence-corrected chi connectivity index (χ1v) is 24.3. The molecule has 4 aliphatic rings. The van der Waals surface area contributed by atoms with Crippen LogP contribution in [0.25, 0.3) is 16.6 Å². The Bertz CT molecular complexity index is 2730. The maximum absolute atomic E-state index is 14.4. The van der Waals surface area contributed by atoms with E-state index in [2.05, 4.69) is 50.8 Å². The second-order valence-electron chi connectivity index (χ2n) is 18.3. The van der Waals surface area contributed by atoms with Crippen molar-refractivity contribution in [2.45, 2.75) is 57.3 Å². The number of H-pyrrole nitrogens is 1. The summed E-state index contributed by atoms with van der Waals surface area (Å²) in [5.74, 6) is -0.303. The molecule has 1 aliphatic carbocycles. The standard InChI is InChI=1S/C48H55ClN8O7S/c1-48(2)16-14-35(40(28-48)33-6-8-36(49)9-7-33)30-54-19-21-55(22-20-54)37-10-12-39(42(26-37)56-18-4-24-64-47-44(56)25-34-15-17-50-45(34)52-47)46(58)53-65(61,62)38-11-13-41(43(27-38)57(59)60)51-29-32-5-3-23-63-31-32/h6-13,15,17,25-27,32,51H,3-5,14,16,18-24,28-31H2,1-2H3,(H,50,52)(H,53,58). The van der Waals surface area contributed by atoms with Gasteiger partial charge in [0.05, 0.1) is 34.3 Å². The van der Waals surface area contributed by atoms with Crippen LogP contribution in [0.15, 0.2) is 89.5 Å². The molecule has 0 bridgehead atoms. The Morgan fingerprint density at radius 2 is 1.80 bits per heavy atom. The van der Waals surface area contributed by atoms with Crippen molar-refractivity contribution >= 4 is 72.6 Å². The summed E-state index contributed by atoms with van der Waals surface area (Å²) < 4.78 is 41.8. The van der Waals surface area contributed by atoms with Crippen molar-refractivity contribution in [1.29, 1.82) is 0 Å². The minimum Gasteiger partial charge on any atom is -0.476 e. The second kappa shape index (κ2) is 18.7. The molecule has 5 heterocycles. The van der Waals surface area contributed by atoms with Gasteiger partial charge in [0.1, 0.15) is 17.0 Å². The Morgan fingerprint density at radius 1 is 0.985 bits per heavy atom. The fraction of sp³-hybridized carbons (Fsp3) is 0.417. The topological polar surface area (TPSA) is 175 Å². The number of hydrogen-bond acceptors (Lipinski definition) is 12. The summed E-state index contributed by atoms with van der Waals surface area (Å²) in [7, 11) is -4.57. The number of anilines is 4. The summed E-state index contributed by atoms with van der Waals surface area (Å²) in [4.78, 5) is 40.2. The number of piperazine rings is 1. The minimum atomic E-state index is -4.57. The van der Waals surface area contributed by atoms with Gasteiger partial charge in [0.2, 0.25) is 5.88 Å². The number of nitrogens with zero attached hydrogens (tertiary/aromatic N) is 5. The van der Waals surface area contributed by atoms with Gasteiger partial charge in [-0.3, -0.25) is 19.8 Å². The number of fused-ring (bicyclic) bond motifs is 2. The van der Waals surface area contributed by atoms with Gasteiger partial charge < -0.3 is 29.6 Å². The third-order valence-electron chi connectivity index (χ3n) is 13.1. The molecule has 65 heavy (non-hydrogen) atoms. The molecule has 0 spiro atoms. The van der Waals surface area contributed by atoms with Gasteiger partial charge in [-0.1, -0.05) is 43.2 Å². The smallest absolute Gasteiger partial charge is 0.293 e. The van der Waals surface area contributed by atoms with Gasteiger partial charge in [-0.05, 0) is 116 Å². The van der Waals surface area contributed by atoms with Gasteiger partial charge in [-0.25, -0.2) is 13.1 Å². The molecule has 0 saturated carbocycles. The molecule has 0 radical (unpaired) electrons. The maximum Gasteiger partial charge on any atom is 0.293 e. The van der Waals surface area contributed by atoms with E-state index in [1.807, 2.05) is 41.3 Å². The van der Waals surface area contributed by atoms with Crippen LogP contribution in [0, 0.1) is 21.4 Å². The molecule has 17 heteroatoms. The van der Waals surface area contributed by atoms with Gasteiger partial charge in [-0.2, -0.15) is 4.98 Å². The molecule has 342 valence electrons. The van der Waals surface area contributed by atoms with E-state index in [1.54, 1.807) is 12.3 Å². The van der Waals surface area contributed by atoms with Crippen LogP contribution in [0.1, 0.15) is 68.3 Å². The van der Waals surface area contributed by atoms with Crippen LogP contribution in [0.3, 0.4) is 0 Å². The van der Waals surface area contributed by atoms with Crippen LogP contribution in [0.5, 0.6) is 5.88 Å². The number of carbonyl (C=O) groups excluding carboxylic acids is 1. The Kier molecular flexibility index (Phi) is 12.8. The van der Waals surface area contributed by atoms with E-state index >= 15 is 0 Å². The molecule has 2 aromatic heterocycles. The van der Waals surface area contributed by atoms with Crippen LogP contribution in [-0.2, 0) is 14.8 Å². The molecule has 2 fully saturated rings. The lowest BCUT2D eigenvalue weighted by molar-refractivity contribution is -0.384. The average molecular weight is 924 g/mol. The molecule has 5 aromatic rings. The highest BCUT2D eigenvalue weighted by molar-refractivity contribution is 7.90. The highest BCUT2D eigenvalue weighted by atomic mass is 35.5. The number of aromatic nitrogens is 2. The first kappa shape index (κ1) is 44.5. The largest absolute Gasteiger partial charge is 0.476 e. The lowest BCUT2D eigenvalue weighted by Crippen LogP contribution is -2.47. The Hall–Kier alpha value is -5.68. The van der Waals surface area contributed by atoms with Gasteiger partial charge in [0, 0.05) is 80.8 Å². The molecule has 3 aromatic carbocycles. The molecule has 1 unspecified atom stereocenters. The predicted octanol–water partition coefficient (Wildman–Crippen LogP) is 8.79. The SMILES string of the molecule is CC1(C)CCC(CN2CCN(c3ccc(C(=O)NS(=O)(=O)c4ccc(NCC5CCCOC5)c([N+](=O)[O-])c4)c(N4CCCOc5nc6[nH]ccc6cc54)c3)CC2)=C(c2ccc(Cl)cc2)C1. The van der Waals surface area contributed by atoms with E-state index in [-0.39, 0.29) is 22.6 Å². The maximum atomic E-state index is 14.4. The molecule has 3 N–H and O–H groups in total. The van der Waals surface area contributed by atoms with E-state index < -0.39 is 31.4 Å². The summed E-state index contributed by atoms with van der Waals surface area (Å²) in [5, 5.41) is 16.9. The summed E-state index contributed by atoms with van der Waals surface area (Å²) in [6.45, 7) is 11.3. The lowest BCUT2D eigenvalue weighted by atomic mass is 9.72. The number of aromatic amines is 1. The van der Waals surface area contributed by atoms with Crippen molar-refractivity contribution in [2.24, 2.45) is 11.3 Å². The third kappa shape index (κ3) is 9.95. The van der Waals surface area contributed by atoms with Gasteiger partial charge in [0.15, 0.2) is 0 Å². The average Bonchev–Trinajstić information content (AvgIpc) is 3.66. The normalized spacial score (nSPS) is 19.3. The molecule has 9 rings (SSSR count). The number of ether oxygens (including phenoxy) is 2. The fourth-order valence-corrected chi connectivity index (χ4v) is 10.6. The molecule has 2 saturated heterocycles. The Morgan fingerprint density at radius 3 is 2.57 bits per heavy atom. The summed E-state index contributed by atoms with van der Waals surface area (Å²) in [6, 6.07) is 21.2. The van der Waals surface area contributed by atoms with Gasteiger partial charge in [0.25, 0.3) is 21.6 Å². The number of pyridine rings is 1. The zero-order valence-corrected chi connectivity index (χ0v) is 38.3. The van der Waals surface area contributed by atoms with Crippen LogP contribution in [0.2, 0.25) is 5.02 Å². The highest BCUT2D eigenvalue weighted by Crippen LogP contribution is 2.44. The zero-order chi connectivity index (χ0) is 45.3. The molecule has 1 atom stereocenters. The molecular formula is C48H55ClN8O7S. The number of nitrogens with one attached hydrogen (secondary N) is 3. The number of halogens is 1. The van der Waals surface area contributed by atoms with E-state index in [0.29, 0.717) is 62.2 Å². The van der Waals surface area contributed by atoms with E-state index in [9.17, 15) is 23.3 Å². The first-order chi connectivity index (χ1) is 31.3. The van der Waals surface area contributed by atoms with Crippen LogP contribution >= 0.6 is 11.6 Å².